The number of carboxylic acids is 1. The van der Waals surface area contributed by atoms with Crippen LogP contribution in [-0.4, -0.2) is 45.7 Å². The highest BCUT2D eigenvalue weighted by Gasteiger charge is 2.52. The number of carbonyl (C=O) groups excluding carboxylic acids is 2. The van der Waals surface area contributed by atoms with Crippen LogP contribution in [0.1, 0.15) is 101 Å². The van der Waals surface area contributed by atoms with E-state index in [1.807, 2.05) is 17.0 Å². The highest BCUT2D eigenvalue weighted by Crippen LogP contribution is 2.50. The second-order valence-corrected chi connectivity index (χ2v) is 14.5. The minimum Gasteiger partial charge on any atom is -0.481 e. The standard InChI is InChI=1S/C34H43Cl2N3O4/c1-20(2)15-28(22-7-9-23(10-8-22)30(40)37-19-21(3)32(42)43)39-31(41)29(24-16-26(35)18-27(36)17-24)38-34(39)13-11-25(12-14-34)33(4,5)6/h7-10,16-18,20-21,25,28H,11-15,19H2,1-6H3,(H,37,40)(H,42,43)/t21-,25?,28?,34?/m0/s1. The first-order valence-electron chi connectivity index (χ1n) is 15.1. The summed E-state index contributed by atoms with van der Waals surface area (Å²) in [5.41, 5.74) is 1.84. The highest BCUT2D eigenvalue weighted by atomic mass is 35.5. The Morgan fingerprint density at radius 2 is 1.63 bits per heavy atom. The third-order valence-corrected chi connectivity index (χ3v) is 9.33. The van der Waals surface area contributed by atoms with Crippen molar-refractivity contribution < 1.29 is 19.5 Å². The molecule has 1 unspecified atom stereocenters. The smallest absolute Gasteiger partial charge is 0.308 e. The minimum atomic E-state index is -0.963. The number of aliphatic carboxylic acids is 1. The molecule has 9 heteroatoms. The van der Waals surface area contributed by atoms with E-state index in [0.29, 0.717) is 32.8 Å². The van der Waals surface area contributed by atoms with Crippen LogP contribution in [-0.2, 0) is 9.59 Å². The van der Waals surface area contributed by atoms with Gasteiger partial charge in [-0.2, -0.15) is 0 Å². The Balaban J connectivity index is 1.71. The summed E-state index contributed by atoms with van der Waals surface area (Å²) in [7, 11) is 0. The molecule has 232 valence electrons. The van der Waals surface area contributed by atoms with E-state index in [2.05, 4.69) is 39.9 Å². The molecule has 1 fully saturated rings. The lowest BCUT2D eigenvalue weighted by Gasteiger charge is -2.47. The van der Waals surface area contributed by atoms with Crippen molar-refractivity contribution in [2.75, 3.05) is 6.54 Å². The van der Waals surface area contributed by atoms with Crippen LogP contribution >= 0.6 is 23.2 Å². The molecule has 2 N–H and O–H groups in total. The topological polar surface area (TPSA) is 99.1 Å². The number of carboxylic acid groups (broad SMARTS) is 1. The van der Waals surface area contributed by atoms with Gasteiger partial charge >= 0.3 is 5.97 Å². The van der Waals surface area contributed by atoms with E-state index in [9.17, 15) is 14.4 Å². The molecular formula is C34H43Cl2N3O4. The first-order chi connectivity index (χ1) is 20.1. The molecule has 0 radical (unpaired) electrons. The van der Waals surface area contributed by atoms with Gasteiger partial charge in [0, 0.05) is 27.7 Å². The van der Waals surface area contributed by atoms with Crippen LogP contribution in [0.2, 0.25) is 10.0 Å². The van der Waals surface area contributed by atoms with Crippen molar-refractivity contribution in [3.8, 4) is 0 Å². The van der Waals surface area contributed by atoms with Gasteiger partial charge in [-0.3, -0.25) is 19.4 Å². The quantitative estimate of drug-likeness (QED) is 0.296. The van der Waals surface area contributed by atoms with Crippen LogP contribution in [0.25, 0.3) is 0 Å². The number of halogens is 2. The first-order valence-corrected chi connectivity index (χ1v) is 15.9. The molecule has 1 saturated carbocycles. The second-order valence-electron chi connectivity index (χ2n) is 13.6. The van der Waals surface area contributed by atoms with Gasteiger partial charge in [0.05, 0.1) is 12.0 Å². The van der Waals surface area contributed by atoms with Crippen molar-refractivity contribution in [3.63, 3.8) is 0 Å². The maximum absolute atomic E-state index is 14.5. The molecule has 0 aromatic heterocycles. The molecule has 1 heterocycles. The maximum atomic E-state index is 14.5. The molecule has 2 aliphatic rings. The Morgan fingerprint density at radius 1 is 1.05 bits per heavy atom. The summed E-state index contributed by atoms with van der Waals surface area (Å²) in [6.45, 7) is 12.7. The number of carbonyl (C=O) groups is 3. The van der Waals surface area contributed by atoms with Crippen molar-refractivity contribution in [1.29, 1.82) is 0 Å². The molecular weight excluding hydrogens is 585 g/mol. The predicted molar refractivity (Wildman–Crippen MR) is 172 cm³/mol. The fraction of sp³-hybridized carbons (Fsp3) is 0.529. The summed E-state index contributed by atoms with van der Waals surface area (Å²) in [5, 5.41) is 12.7. The third kappa shape index (κ3) is 7.43. The Bertz CT molecular complexity index is 1370. The van der Waals surface area contributed by atoms with Crippen LogP contribution in [0.5, 0.6) is 0 Å². The summed E-state index contributed by atoms with van der Waals surface area (Å²) in [6, 6.07) is 12.2. The number of benzene rings is 2. The number of rotatable bonds is 9. The number of nitrogens with zero attached hydrogens (tertiary/aromatic N) is 2. The average molecular weight is 629 g/mol. The largest absolute Gasteiger partial charge is 0.481 e. The van der Waals surface area contributed by atoms with Crippen LogP contribution < -0.4 is 5.32 Å². The van der Waals surface area contributed by atoms with Gasteiger partial charge in [-0.25, -0.2) is 0 Å². The van der Waals surface area contributed by atoms with E-state index in [0.717, 1.165) is 37.7 Å². The monoisotopic (exact) mass is 627 g/mol. The number of aliphatic imine (C=N–C) groups is 1. The Kier molecular flexibility index (Phi) is 9.97. The van der Waals surface area contributed by atoms with Gasteiger partial charge in [0.1, 0.15) is 11.4 Å². The number of hydrogen-bond acceptors (Lipinski definition) is 4. The summed E-state index contributed by atoms with van der Waals surface area (Å²) >= 11 is 12.7. The number of amides is 2. The van der Waals surface area contributed by atoms with E-state index < -0.39 is 17.6 Å². The van der Waals surface area contributed by atoms with E-state index in [4.69, 9.17) is 33.3 Å². The van der Waals surface area contributed by atoms with Gasteiger partial charge < -0.3 is 15.3 Å². The van der Waals surface area contributed by atoms with Crippen LogP contribution in [0.3, 0.4) is 0 Å². The van der Waals surface area contributed by atoms with Gasteiger partial charge in [0.15, 0.2) is 0 Å². The molecule has 7 nitrogen and oxygen atoms in total. The normalized spacial score (nSPS) is 22.1. The molecule has 2 amide bonds. The van der Waals surface area contributed by atoms with Crippen LogP contribution in [0.15, 0.2) is 47.5 Å². The Morgan fingerprint density at radius 3 is 2.14 bits per heavy atom. The second kappa shape index (κ2) is 13.0. The molecule has 1 aliphatic carbocycles. The SMILES string of the molecule is CC(C)CC(c1ccc(C(=O)NC[C@H](C)C(=O)O)cc1)N1C(=O)C(c2cc(Cl)cc(Cl)c2)=NC12CCC(C(C)(C)C)CC2. The first kappa shape index (κ1) is 33.0. The summed E-state index contributed by atoms with van der Waals surface area (Å²) in [6.07, 6.45) is 4.16. The molecule has 43 heavy (non-hydrogen) atoms. The molecule has 0 bridgehead atoms. The van der Waals surface area contributed by atoms with Crippen LogP contribution in [0.4, 0.5) is 0 Å². The lowest BCUT2D eigenvalue weighted by atomic mass is 9.69. The predicted octanol–water partition coefficient (Wildman–Crippen LogP) is 7.80. The van der Waals surface area contributed by atoms with Gasteiger partial charge in [0.25, 0.3) is 11.8 Å². The summed E-state index contributed by atoms with van der Waals surface area (Å²) in [5.74, 6) is -1.31. The molecule has 1 spiro atoms. The molecule has 2 aromatic carbocycles. The van der Waals surface area contributed by atoms with Gasteiger partial charge in [-0.15, -0.1) is 0 Å². The third-order valence-electron chi connectivity index (χ3n) is 8.89. The van der Waals surface area contributed by atoms with Gasteiger partial charge in [0.2, 0.25) is 0 Å². The number of hydrogen-bond donors (Lipinski definition) is 2. The summed E-state index contributed by atoms with van der Waals surface area (Å²) < 4.78 is 0. The fourth-order valence-corrected chi connectivity index (χ4v) is 6.88. The van der Waals surface area contributed by atoms with Crippen molar-refractivity contribution in [1.82, 2.24) is 10.2 Å². The van der Waals surface area contributed by atoms with E-state index in [-0.39, 0.29) is 35.7 Å². The number of nitrogens with one attached hydrogen (secondary N) is 1. The minimum absolute atomic E-state index is 0.0416. The molecule has 2 atom stereocenters. The van der Waals surface area contributed by atoms with Gasteiger partial charge in [-0.1, -0.05) is 76.9 Å². The van der Waals surface area contributed by atoms with Crippen molar-refractivity contribution in [3.05, 3.63) is 69.2 Å². The zero-order chi connectivity index (χ0) is 31.7. The fourth-order valence-electron chi connectivity index (χ4n) is 6.35. The lowest BCUT2D eigenvalue weighted by molar-refractivity contribution is -0.141. The molecule has 4 rings (SSSR count). The Hall–Kier alpha value is -2.90. The average Bonchev–Trinajstić information content (AvgIpc) is 3.20. The highest BCUT2D eigenvalue weighted by molar-refractivity contribution is 6.47. The summed E-state index contributed by atoms with van der Waals surface area (Å²) in [4.78, 5) is 45.6. The van der Waals surface area contributed by atoms with Crippen LogP contribution in [0, 0.1) is 23.2 Å². The Labute approximate surface area is 265 Å². The molecule has 1 aliphatic heterocycles. The van der Waals surface area contributed by atoms with E-state index in [1.165, 1.54) is 0 Å². The molecule has 0 saturated heterocycles. The van der Waals surface area contributed by atoms with Crippen molar-refractivity contribution in [2.45, 2.75) is 85.4 Å². The van der Waals surface area contributed by atoms with E-state index in [1.54, 1.807) is 37.3 Å². The maximum Gasteiger partial charge on any atom is 0.308 e. The zero-order valence-electron chi connectivity index (χ0n) is 25.9. The van der Waals surface area contributed by atoms with Gasteiger partial charge in [-0.05, 0) is 85.3 Å². The zero-order valence-corrected chi connectivity index (χ0v) is 27.4. The van der Waals surface area contributed by atoms with Crippen molar-refractivity contribution >= 4 is 46.7 Å². The van der Waals surface area contributed by atoms with E-state index >= 15 is 0 Å². The van der Waals surface area contributed by atoms with Crippen molar-refractivity contribution in [2.24, 2.45) is 28.2 Å². The molecule has 2 aromatic rings. The lowest BCUT2D eigenvalue weighted by Crippen LogP contribution is -2.51.